The number of carbonyl (C=O) groups is 1. The van der Waals surface area contributed by atoms with E-state index < -0.39 is 0 Å². The zero-order chi connectivity index (χ0) is 16.7. The second-order valence-corrected chi connectivity index (χ2v) is 4.63. The van der Waals surface area contributed by atoms with E-state index in [2.05, 4.69) is 18.6 Å². The largest absolute Gasteiger partial charge is 1.00 e. The molecule has 6 heteroatoms. The van der Waals surface area contributed by atoms with E-state index in [9.17, 15) is 4.79 Å². The van der Waals surface area contributed by atoms with E-state index in [4.69, 9.17) is 11.6 Å². The normalized spacial score (nSPS) is 12.1. The van der Waals surface area contributed by atoms with Crippen LogP contribution >= 0.6 is 0 Å². The molecule has 0 aliphatic rings. The van der Waals surface area contributed by atoms with Crippen molar-refractivity contribution in [3.05, 3.63) is 83.1 Å². The predicted molar refractivity (Wildman–Crippen MR) is 91.1 cm³/mol. The van der Waals surface area contributed by atoms with Gasteiger partial charge in [0.1, 0.15) is 0 Å². The van der Waals surface area contributed by atoms with Gasteiger partial charge in [-0.2, -0.15) is 0 Å². The molecule has 23 heavy (non-hydrogen) atoms. The number of aryl methyl sites for hydroxylation is 1. The molecule has 0 atom stereocenters. The summed E-state index contributed by atoms with van der Waals surface area (Å²) in [5, 5.41) is 0. The second kappa shape index (κ2) is 10.6. The molecule has 1 amide bonds. The van der Waals surface area contributed by atoms with E-state index in [1.165, 1.54) is 11.0 Å². The fraction of sp³-hybridized carbons (Fsp3) is 0.118. The first-order valence-corrected chi connectivity index (χ1v) is 6.66. The zero-order valence-electron chi connectivity index (χ0n) is 13.9. The van der Waals surface area contributed by atoms with Gasteiger partial charge in [-0.25, -0.2) is 0 Å². The van der Waals surface area contributed by atoms with E-state index in [1.807, 2.05) is 31.2 Å². The first kappa shape index (κ1) is 21.8. The fourth-order valence-corrected chi connectivity index (χ4v) is 2.10. The Morgan fingerprint density at radius 3 is 2.30 bits per heavy atom. The summed E-state index contributed by atoms with van der Waals surface area (Å²) in [7, 11) is 1.60. The number of hydrogen-bond acceptors (Lipinski definition) is 3. The molecule has 0 unspecified atom stereocenters. The van der Waals surface area contributed by atoms with Crippen LogP contribution in [0.5, 0.6) is 0 Å². The van der Waals surface area contributed by atoms with Gasteiger partial charge in [0.2, 0.25) is 6.41 Å². The summed E-state index contributed by atoms with van der Waals surface area (Å²) in [6, 6.07) is 7.62. The summed E-state index contributed by atoms with van der Waals surface area (Å²) in [6.07, 6.45) is 3.75. The summed E-state index contributed by atoms with van der Waals surface area (Å²) in [4.78, 5) is 12.4. The molecular formula is C17H21KN4O. The van der Waals surface area contributed by atoms with Gasteiger partial charge in [-0.15, -0.1) is 0 Å². The minimum atomic E-state index is 0. The number of benzene rings is 1. The number of nitrogens with two attached hydrogens (primary N) is 2. The number of hydrogen-bond donors (Lipinski definition) is 2. The van der Waals surface area contributed by atoms with Crippen LogP contribution in [-0.4, -0.2) is 18.4 Å². The van der Waals surface area contributed by atoms with Crippen molar-refractivity contribution in [1.29, 1.82) is 0 Å². The number of amides is 1. The number of rotatable bonds is 7. The van der Waals surface area contributed by atoms with Crippen molar-refractivity contribution in [2.75, 3.05) is 7.05 Å². The van der Waals surface area contributed by atoms with Gasteiger partial charge in [0, 0.05) is 18.3 Å². The SMILES string of the molecule is C=CC(/C(N)=C(/[N-]N)c1ccccc1C)=C(\C=C)N(C)C=O.[K+]. The summed E-state index contributed by atoms with van der Waals surface area (Å²) in [5.41, 5.74) is 13.7. The summed E-state index contributed by atoms with van der Waals surface area (Å²) in [6.45, 7) is 9.41. The molecule has 0 saturated carbocycles. The standard InChI is InChI=1S/C17H21N4O.K/c1-5-13(15(6-2)21(4)11-22)16(18)17(20-19)14-10-8-7-9-12(14)3;/h5-11H,1-2,18-19H2,3-4H3;/q-1;+1/b15-13-,17-16-;. The van der Waals surface area contributed by atoms with Crippen LogP contribution in [0.2, 0.25) is 0 Å². The fourth-order valence-electron chi connectivity index (χ4n) is 2.10. The van der Waals surface area contributed by atoms with Gasteiger partial charge in [-0.05, 0) is 24.1 Å². The third kappa shape index (κ3) is 5.17. The van der Waals surface area contributed by atoms with Crippen LogP contribution in [0, 0.1) is 6.92 Å². The van der Waals surface area contributed by atoms with Gasteiger partial charge in [-0.1, -0.05) is 49.2 Å². The molecule has 5 nitrogen and oxygen atoms in total. The van der Waals surface area contributed by atoms with Gasteiger partial charge in [0.05, 0.1) is 5.70 Å². The smallest absolute Gasteiger partial charge is 0.623 e. The number of carbonyl (C=O) groups excluding carboxylic acids is 1. The van der Waals surface area contributed by atoms with Crippen LogP contribution in [0.3, 0.4) is 0 Å². The molecule has 0 aromatic heterocycles. The van der Waals surface area contributed by atoms with Crippen molar-refractivity contribution in [2.45, 2.75) is 6.92 Å². The molecular weight excluding hydrogens is 315 g/mol. The maximum atomic E-state index is 11.0. The Morgan fingerprint density at radius 2 is 1.87 bits per heavy atom. The molecule has 0 spiro atoms. The molecule has 0 bridgehead atoms. The number of nitrogens with zero attached hydrogens (tertiary/aromatic N) is 2. The molecule has 0 saturated heterocycles. The first-order chi connectivity index (χ1) is 10.5. The van der Waals surface area contributed by atoms with Crippen LogP contribution in [0.15, 0.2) is 66.5 Å². The molecule has 1 aromatic rings. The molecule has 0 radical (unpaired) electrons. The Labute approximate surface area is 180 Å². The Hall–Kier alpha value is -1.15. The Morgan fingerprint density at radius 1 is 1.26 bits per heavy atom. The number of likely N-dealkylation sites (N-methyl/N-ethyl adjacent to an activating group) is 1. The number of allylic oxidation sites excluding steroid dienone is 2. The Bertz CT molecular complexity index is 650. The van der Waals surface area contributed by atoms with Crippen molar-refractivity contribution in [3.63, 3.8) is 0 Å². The van der Waals surface area contributed by atoms with Crippen molar-refractivity contribution in [3.8, 4) is 0 Å². The van der Waals surface area contributed by atoms with E-state index in [0.717, 1.165) is 11.1 Å². The topological polar surface area (TPSA) is 86.4 Å². The van der Waals surface area contributed by atoms with Gasteiger partial charge < -0.3 is 21.9 Å². The van der Waals surface area contributed by atoms with Gasteiger partial charge in [0.25, 0.3) is 0 Å². The van der Waals surface area contributed by atoms with E-state index >= 15 is 0 Å². The van der Waals surface area contributed by atoms with Crippen LogP contribution in [-0.2, 0) is 4.79 Å². The van der Waals surface area contributed by atoms with Crippen LogP contribution in [0.4, 0.5) is 0 Å². The predicted octanol–water partition coefficient (Wildman–Crippen LogP) is -0.412. The second-order valence-electron chi connectivity index (χ2n) is 4.63. The summed E-state index contributed by atoms with van der Waals surface area (Å²) in [5.74, 6) is 5.54. The molecule has 1 rings (SSSR count). The minimum absolute atomic E-state index is 0. The van der Waals surface area contributed by atoms with Crippen LogP contribution < -0.4 is 63.0 Å². The molecule has 116 valence electrons. The quantitative estimate of drug-likeness (QED) is 0.233. The monoisotopic (exact) mass is 336 g/mol. The van der Waals surface area contributed by atoms with Gasteiger partial charge in [-0.3, -0.25) is 4.79 Å². The minimum Gasteiger partial charge on any atom is -0.623 e. The molecule has 0 heterocycles. The summed E-state index contributed by atoms with van der Waals surface area (Å²) < 4.78 is 0. The molecule has 4 N–H and O–H groups in total. The van der Waals surface area contributed by atoms with Crippen molar-refractivity contribution < 1.29 is 56.2 Å². The molecule has 0 aliphatic heterocycles. The van der Waals surface area contributed by atoms with Crippen molar-refractivity contribution >= 4 is 12.1 Å². The van der Waals surface area contributed by atoms with Crippen LogP contribution in [0.1, 0.15) is 11.1 Å². The summed E-state index contributed by atoms with van der Waals surface area (Å²) >= 11 is 0. The Balaban J connectivity index is 0.00000484. The van der Waals surface area contributed by atoms with E-state index in [-0.39, 0.29) is 51.4 Å². The maximum Gasteiger partial charge on any atom is 1.00 e. The third-order valence-corrected chi connectivity index (χ3v) is 3.29. The molecule has 0 aliphatic carbocycles. The molecule has 1 aromatic carbocycles. The molecule has 0 fully saturated rings. The Kier molecular flexibility index (Phi) is 10.1. The van der Waals surface area contributed by atoms with E-state index in [1.54, 1.807) is 13.1 Å². The van der Waals surface area contributed by atoms with E-state index in [0.29, 0.717) is 29.1 Å². The van der Waals surface area contributed by atoms with Crippen molar-refractivity contribution in [1.82, 2.24) is 4.90 Å². The maximum absolute atomic E-state index is 11.0. The van der Waals surface area contributed by atoms with Gasteiger partial charge >= 0.3 is 51.4 Å². The first-order valence-electron chi connectivity index (χ1n) is 6.66. The average Bonchev–Trinajstić information content (AvgIpc) is 2.53. The third-order valence-electron chi connectivity index (χ3n) is 3.29. The van der Waals surface area contributed by atoms with Crippen LogP contribution in [0.25, 0.3) is 11.1 Å². The van der Waals surface area contributed by atoms with Crippen molar-refractivity contribution in [2.24, 2.45) is 11.6 Å². The average molecular weight is 336 g/mol. The zero-order valence-corrected chi connectivity index (χ0v) is 17.0. The van der Waals surface area contributed by atoms with Gasteiger partial charge in [0.15, 0.2) is 0 Å².